The van der Waals surface area contributed by atoms with Gasteiger partial charge >= 0.3 is 0 Å². The SMILES string of the molecule is O=C(CN1CCCC(C(F)F)C1)NCc1ccccc1Cl. The zero-order chi connectivity index (χ0) is 15.2. The summed E-state index contributed by atoms with van der Waals surface area (Å²) in [4.78, 5) is 13.7. The highest BCUT2D eigenvalue weighted by Crippen LogP contribution is 2.22. The molecule has 1 saturated heterocycles. The van der Waals surface area contributed by atoms with Crippen LogP contribution >= 0.6 is 11.6 Å². The van der Waals surface area contributed by atoms with E-state index in [1.54, 1.807) is 11.0 Å². The lowest BCUT2D eigenvalue weighted by molar-refractivity contribution is -0.123. The summed E-state index contributed by atoms with van der Waals surface area (Å²) in [7, 11) is 0. The minimum atomic E-state index is -2.31. The summed E-state index contributed by atoms with van der Waals surface area (Å²) in [5.74, 6) is -0.778. The van der Waals surface area contributed by atoms with Gasteiger partial charge in [-0.05, 0) is 31.0 Å². The highest BCUT2D eigenvalue weighted by atomic mass is 35.5. The highest BCUT2D eigenvalue weighted by molar-refractivity contribution is 6.31. The minimum absolute atomic E-state index is 0.160. The maximum Gasteiger partial charge on any atom is 0.242 e. The van der Waals surface area contributed by atoms with Crippen molar-refractivity contribution in [1.82, 2.24) is 10.2 Å². The van der Waals surface area contributed by atoms with Gasteiger partial charge in [-0.1, -0.05) is 29.8 Å². The summed E-state index contributed by atoms with van der Waals surface area (Å²) in [5.41, 5.74) is 0.844. The number of rotatable bonds is 5. The number of nitrogens with zero attached hydrogens (tertiary/aromatic N) is 1. The second-order valence-corrected chi connectivity index (χ2v) is 5.75. The van der Waals surface area contributed by atoms with Gasteiger partial charge in [-0.3, -0.25) is 9.69 Å². The Morgan fingerprint density at radius 1 is 1.43 bits per heavy atom. The number of piperidine rings is 1. The van der Waals surface area contributed by atoms with E-state index in [9.17, 15) is 13.6 Å². The van der Waals surface area contributed by atoms with Crippen LogP contribution in [0, 0.1) is 5.92 Å². The van der Waals surface area contributed by atoms with E-state index >= 15 is 0 Å². The molecule has 1 aliphatic rings. The molecule has 21 heavy (non-hydrogen) atoms. The van der Waals surface area contributed by atoms with Crippen molar-refractivity contribution in [3.63, 3.8) is 0 Å². The van der Waals surface area contributed by atoms with E-state index in [4.69, 9.17) is 11.6 Å². The lowest BCUT2D eigenvalue weighted by Gasteiger charge is -2.31. The molecule has 1 aromatic rings. The van der Waals surface area contributed by atoms with Crippen molar-refractivity contribution in [2.75, 3.05) is 19.6 Å². The van der Waals surface area contributed by atoms with E-state index in [-0.39, 0.29) is 19.0 Å². The maximum atomic E-state index is 12.7. The van der Waals surface area contributed by atoms with Gasteiger partial charge in [-0.25, -0.2) is 8.78 Å². The highest BCUT2D eigenvalue weighted by Gasteiger charge is 2.27. The molecule has 0 aliphatic carbocycles. The fourth-order valence-electron chi connectivity index (χ4n) is 2.54. The van der Waals surface area contributed by atoms with E-state index in [1.807, 2.05) is 18.2 Å². The Hall–Kier alpha value is -1.20. The molecule has 1 amide bonds. The third-order valence-corrected chi connectivity index (χ3v) is 4.07. The van der Waals surface area contributed by atoms with Gasteiger partial charge in [0.1, 0.15) is 0 Å². The smallest absolute Gasteiger partial charge is 0.242 e. The normalized spacial score (nSPS) is 19.7. The van der Waals surface area contributed by atoms with E-state index < -0.39 is 12.3 Å². The Morgan fingerprint density at radius 2 is 2.19 bits per heavy atom. The monoisotopic (exact) mass is 316 g/mol. The van der Waals surface area contributed by atoms with Gasteiger partial charge in [-0.15, -0.1) is 0 Å². The van der Waals surface area contributed by atoms with Crippen LogP contribution in [0.15, 0.2) is 24.3 Å². The number of carbonyl (C=O) groups is 1. The molecule has 0 saturated carbocycles. The fourth-order valence-corrected chi connectivity index (χ4v) is 2.74. The molecule has 2 rings (SSSR count). The van der Waals surface area contributed by atoms with Crippen molar-refractivity contribution in [3.8, 4) is 0 Å². The Morgan fingerprint density at radius 3 is 2.90 bits per heavy atom. The zero-order valence-electron chi connectivity index (χ0n) is 11.7. The van der Waals surface area contributed by atoms with Crippen LogP contribution in [-0.2, 0) is 11.3 Å². The van der Waals surface area contributed by atoms with Gasteiger partial charge in [0, 0.05) is 24.0 Å². The van der Waals surface area contributed by atoms with Crippen LogP contribution in [0.5, 0.6) is 0 Å². The molecular formula is C15H19ClF2N2O. The molecule has 0 bridgehead atoms. The largest absolute Gasteiger partial charge is 0.351 e. The lowest BCUT2D eigenvalue weighted by Crippen LogP contribution is -2.43. The number of benzene rings is 1. The molecule has 0 aromatic heterocycles. The number of carbonyl (C=O) groups excluding carboxylic acids is 1. The van der Waals surface area contributed by atoms with Gasteiger partial charge in [0.15, 0.2) is 0 Å². The van der Waals surface area contributed by atoms with E-state index in [0.717, 1.165) is 5.56 Å². The standard InChI is InChI=1S/C15H19ClF2N2O/c16-13-6-2-1-4-11(13)8-19-14(21)10-20-7-3-5-12(9-20)15(17)18/h1-2,4,6,12,15H,3,5,7-10H2,(H,19,21). The Balaban J connectivity index is 1.78. The lowest BCUT2D eigenvalue weighted by atomic mass is 9.99. The van der Waals surface area contributed by atoms with Crippen LogP contribution in [0.1, 0.15) is 18.4 Å². The van der Waals surface area contributed by atoms with Crippen molar-refractivity contribution in [2.24, 2.45) is 5.92 Å². The number of hydrogen-bond acceptors (Lipinski definition) is 2. The van der Waals surface area contributed by atoms with Crippen LogP contribution in [0.4, 0.5) is 8.78 Å². The summed E-state index contributed by atoms with van der Waals surface area (Å²) in [6.45, 7) is 1.50. The first-order valence-corrected chi connectivity index (χ1v) is 7.44. The van der Waals surface area contributed by atoms with E-state index in [0.29, 0.717) is 31.0 Å². The van der Waals surface area contributed by atoms with Crippen LogP contribution in [0.25, 0.3) is 0 Å². The van der Waals surface area contributed by atoms with Gasteiger partial charge < -0.3 is 5.32 Å². The van der Waals surface area contributed by atoms with E-state index in [1.165, 1.54) is 0 Å². The minimum Gasteiger partial charge on any atom is -0.351 e. The van der Waals surface area contributed by atoms with E-state index in [2.05, 4.69) is 5.32 Å². The number of likely N-dealkylation sites (tertiary alicyclic amines) is 1. The number of amides is 1. The Labute approximate surface area is 128 Å². The summed E-state index contributed by atoms with van der Waals surface area (Å²) < 4.78 is 25.4. The van der Waals surface area contributed by atoms with Crippen LogP contribution < -0.4 is 5.32 Å². The first-order valence-electron chi connectivity index (χ1n) is 7.07. The van der Waals surface area contributed by atoms with Crippen molar-refractivity contribution >= 4 is 17.5 Å². The predicted octanol–water partition coefficient (Wildman–Crippen LogP) is 2.93. The van der Waals surface area contributed by atoms with Crippen molar-refractivity contribution in [2.45, 2.75) is 25.8 Å². The molecule has 116 valence electrons. The summed E-state index contributed by atoms with van der Waals surface area (Å²) >= 11 is 6.01. The molecule has 1 aliphatic heterocycles. The van der Waals surface area contributed by atoms with Crippen LogP contribution in [-0.4, -0.2) is 36.9 Å². The molecular weight excluding hydrogens is 298 g/mol. The zero-order valence-corrected chi connectivity index (χ0v) is 12.5. The quantitative estimate of drug-likeness (QED) is 0.906. The van der Waals surface area contributed by atoms with Gasteiger partial charge in [0.2, 0.25) is 12.3 Å². The molecule has 0 spiro atoms. The molecule has 1 unspecified atom stereocenters. The Bertz CT molecular complexity index is 484. The molecule has 1 aromatic carbocycles. The maximum absolute atomic E-state index is 12.7. The van der Waals surface area contributed by atoms with Crippen molar-refractivity contribution in [3.05, 3.63) is 34.9 Å². The van der Waals surface area contributed by atoms with Crippen molar-refractivity contribution in [1.29, 1.82) is 0 Å². The number of hydrogen-bond donors (Lipinski definition) is 1. The second-order valence-electron chi connectivity index (χ2n) is 5.34. The van der Waals surface area contributed by atoms with Gasteiger partial charge in [0.25, 0.3) is 0 Å². The molecule has 1 atom stereocenters. The fraction of sp³-hybridized carbons (Fsp3) is 0.533. The van der Waals surface area contributed by atoms with Crippen LogP contribution in [0.2, 0.25) is 5.02 Å². The van der Waals surface area contributed by atoms with Gasteiger partial charge in [0.05, 0.1) is 6.54 Å². The Kier molecular flexibility index (Phi) is 5.94. The second kappa shape index (κ2) is 7.71. The molecule has 0 radical (unpaired) electrons. The van der Waals surface area contributed by atoms with Crippen LogP contribution in [0.3, 0.4) is 0 Å². The van der Waals surface area contributed by atoms with Gasteiger partial charge in [-0.2, -0.15) is 0 Å². The summed E-state index contributed by atoms with van der Waals surface area (Å²) in [5, 5.41) is 3.38. The summed E-state index contributed by atoms with van der Waals surface area (Å²) in [6, 6.07) is 7.29. The number of alkyl halides is 2. The number of nitrogens with one attached hydrogen (secondary N) is 1. The third-order valence-electron chi connectivity index (χ3n) is 3.70. The first-order chi connectivity index (χ1) is 10.1. The molecule has 1 fully saturated rings. The summed E-state index contributed by atoms with van der Waals surface area (Å²) in [6.07, 6.45) is -1.05. The average molecular weight is 317 g/mol. The molecule has 3 nitrogen and oxygen atoms in total. The van der Waals surface area contributed by atoms with Crippen molar-refractivity contribution < 1.29 is 13.6 Å². The average Bonchev–Trinajstić information content (AvgIpc) is 2.46. The molecule has 6 heteroatoms. The number of halogens is 3. The predicted molar refractivity (Wildman–Crippen MR) is 78.5 cm³/mol. The first kappa shape index (κ1) is 16.2. The third kappa shape index (κ3) is 4.93. The molecule has 1 heterocycles. The topological polar surface area (TPSA) is 32.3 Å². The molecule has 1 N–H and O–H groups in total.